The molecule has 1 heterocycles. The van der Waals surface area contributed by atoms with Crippen LogP contribution in [0.3, 0.4) is 0 Å². The van der Waals surface area contributed by atoms with E-state index in [9.17, 15) is 13.2 Å². The van der Waals surface area contributed by atoms with Gasteiger partial charge >= 0.3 is 6.18 Å². The number of rotatable bonds is 3. The summed E-state index contributed by atoms with van der Waals surface area (Å²) >= 11 is 9.04. The van der Waals surface area contributed by atoms with Crippen LogP contribution >= 0.6 is 27.5 Å². The Morgan fingerprint density at radius 3 is 2.62 bits per heavy atom. The van der Waals surface area contributed by atoms with Crippen molar-refractivity contribution in [3.63, 3.8) is 0 Å². The summed E-state index contributed by atoms with van der Waals surface area (Å²) in [5.74, 6) is 0. The number of alkyl halides is 3. The third-order valence-corrected chi connectivity index (χ3v) is 4.03. The SMILES string of the molecule is CC(Nc1cnc(Cl)c(Br)c1)c1cccc(C(F)(F)F)c1. The zero-order valence-corrected chi connectivity index (χ0v) is 13.2. The number of anilines is 1. The predicted molar refractivity (Wildman–Crippen MR) is 80.4 cm³/mol. The Kier molecular flexibility index (Phi) is 4.78. The van der Waals surface area contributed by atoms with E-state index in [1.807, 2.05) is 0 Å². The van der Waals surface area contributed by atoms with Gasteiger partial charge in [-0.2, -0.15) is 13.2 Å². The summed E-state index contributed by atoms with van der Waals surface area (Å²) in [6.07, 6.45) is -2.82. The highest BCUT2D eigenvalue weighted by molar-refractivity contribution is 9.10. The van der Waals surface area contributed by atoms with E-state index in [1.54, 1.807) is 19.1 Å². The Bertz CT molecular complexity index is 646. The van der Waals surface area contributed by atoms with E-state index in [4.69, 9.17) is 11.6 Å². The normalized spacial score (nSPS) is 13.0. The van der Waals surface area contributed by atoms with Crippen LogP contribution in [0.1, 0.15) is 24.1 Å². The summed E-state index contributed by atoms with van der Waals surface area (Å²) in [5.41, 5.74) is 0.538. The Balaban J connectivity index is 2.20. The number of pyridine rings is 1. The van der Waals surface area contributed by atoms with Gasteiger partial charge in [-0.15, -0.1) is 0 Å². The molecule has 0 radical (unpaired) electrons. The van der Waals surface area contributed by atoms with E-state index in [0.29, 0.717) is 20.9 Å². The third-order valence-electron chi connectivity index (χ3n) is 2.89. The van der Waals surface area contributed by atoms with Crippen LogP contribution in [0.15, 0.2) is 41.0 Å². The summed E-state index contributed by atoms with van der Waals surface area (Å²) in [4.78, 5) is 3.96. The standard InChI is InChI=1S/C14H11BrClF3N2/c1-8(21-11-6-12(15)13(16)20-7-11)9-3-2-4-10(5-9)14(17,18)19/h2-8,21H,1H3. The van der Waals surface area contributed by atoms with E-state index in [2.05, 4.69) is 26.2 Å². The summed E-state index contributed by atoms with van der Waals surface area (Å²) < 4.78 is 38.7. The summed E-state index contributed by atoms with van der Waals surface area (Å²) in [7, 11) is 0. The van der Waals surface area contributed by atoms with Crippen molar-refractivity contribution in [1.82, 2.24) is 4.98 Å². The van der Waals surface area contributed by atoms with Crippen molar-refractivity contribution in [2.75, 3.05) is 5.32 Å². The smallest absolute Gasteiger partial charge is 0.377 e. The maximum atomic E-state index is 12.7. The first kappa shape index (κ1) is 16.1. The van der Waals surface area contributed by atoms with Gasteiger partial charge < -0.3 is 5.32 Å². The van der Waals surface area contributed by atoms with Crippen LogP contribution in [-0.4, -0.2) is 4.98 Å². The molecule has 1 N–H and O–H groups in total. The van der Waals surface area contributed by atoms with Gasteiger partial charge in [0.15, 0.2) is 0 Å². The highest BCUT2D eigenvalue weighted by Gasteiger charge is 2.30. The number of halogens is 5. The van der Waals surface area contributed by atoms with Crippen LogP contribution in [0, 0.1) is 0 Å². The summed E-state index contributed by atoms with van der Waals surface area (Å²) in [6, 6.07) is 6.64. The zero-order chi connectivity index (χ0) is 15.6. The first-order valence-electron chi connectivity index (χ1n) is 6.02. The lowest BCUT2D eigenvalue weighted by molar-refractivity contribution is -0.137. The second-order valence-corrected chi connectivity index (χ2v) is 5.70. The van der Waals surface area contributed by atoms with Crippen LogP contribution in [0.4, 0.5) is 18.9 Å². The lowest BCUT2D eigenvalue weighted by atomic mass is 10.0. The van der Waals surface area contributed by atoms with Gasteiger partial charge in [0.05, 0.1) is 21.9 Å². The first-order valence-corrected chi connectivity index (χ1v) is 7.19. The Morgan fingerprint density at radius 2 is 2.00 bits per heavy atom. The molecule has 0 aliphatic rings. The van der Waals surface area contributed by atoms with Gasteiger partial charge in [0, 0.05) is 6.04 Å². The van der Waals surface area contributed by atoms with Crippen molar-refractivity contribution in [3.8, 4) is 0 Å². The van der Waals surface area contributed by atoms with Crippen LogP contribution in [0.2, 0.25) is 5.15 Å². The lowest BCUT2D eigenvalue weighted by Gasteiger charge is -2.17. The molecule has 0 amide bonds. The quantitative estimate of drug-likeness (QED) is 0.693. The largest absolute Gasteiger partial charge is 0.416 e. The number of aromatic nitrogens is 1. The lowest BCUT2D eigenvalue weighted by Crippen LogP contribution is -2.10. The van der Waals surface area contributed by atoms with Crippen molar-refractivity contribution >= 4 is 33.2 Å². The minimum atomic E-state index is -4.35. The van der Waals surface area contributed by atoms with Gasteiger partial charge in [-0.25, -0.2) is 4.98 Å². The number of hydrogen-bond donors (Lipinski definition) is 1. The van der Waals surface area contributed by atoms with Gasteiger partial charge in [-0.05, 0) is 46.6 Å². The van der Waals surface area contributed by atoms with Crippen molar-refractivity contribution in [3.05, 3.63) is 57.3 Å². The second kappa shape index (κ2) is 6.23. The van der Waals surface area contributed by atoms with E-state index < -0.39 is 11.7 Å². The molecule has 21 heavy (non-hydrogen) atoms. The highest BCUT2D eigenvalue weighted by atomic mass is 79.9. The molecule has 1 atom stereocenters. The molecule has 1 aromatic carbocycles. The van der Waals surface area contributed by atoms with Crippen molar-refractivity contribution in [1.29, 1.82) is 0 Å². The highest BCUT2D eigenvalue weighted by Crippen LogP contribution is 2.31. The molecule has 0 fully saturated rings. The van der Waals surface area contributed by atoms with Gasteiger partial charge in [0.25, 0.3) is 0 Å². The fraction of sp³-hybridized carbons (Fsp3) is 0.214. The molecule has 2 nitrogen and oxygen atoms in total. The number of nitrogens with zero attached hydrogens (tertiary/aromatic N) is 1. The van der Waals surface area contributed by atoms with E-state index >= 15 is 0 Å². The molecule has 0 bridgehead atoms. The van der Waals surface area contributed by atoms with Gasteiger partial charge in [-0.1, -0.05) is 23.7 Å². The monoisotopic (exact) mass is 378 g/mol. The topological polar surface area (TPSA) is 24.9 Å². The van der Waals surface area contributed by atoms with Gasteiger partial charge in [0.1, 0.15) is 5.15 Å². The van der Waals surface area contributed by atoms with Crippen LogP contribution in [0.25, 0.3) is 0 Å². The van der Waals surface area contributed by atoms with Crippen molar-refractivity contribution in [2.45, 2.75) is 19.1 Å². The molecule has 112 valence electrons. The van der Waals surface area contributed by atoms with Crippen molar-refractivity contribution < 1.29 is 13.2 Å². The third kappa shape index (κ3) is 4.11. The predicted octanol–water partition coefficient (Wildman–Crippen LogP) is 5.69. The molecule has 1 aromatic heterocycles. The van der Waals surface area contributed by atoms with E-state index in [-0.39, 0.29) is 6.04 Å². The number of hydrogen-bond acceptors (Lipinski definition) is 2. The molecular formula is C14H11BrClF3N2. The molecule has 7 heteroatoms. The van der Waals surface area contributed by atoms with Gasteiger partial charge in [0.2, 0.25) is 0 Å². The summed E-state index contributed by atoms with van der Waals surface area (Å²) in [5, 5.41) is 3.41. The summed E-state index contributed by atoms with van der Waals surface area (Å²) in [6.45, 7) is 1.78. The molecule has 2 rings (SSSR count). The van der Waals surface area contributed by atoms with Crippen LogP contribution in [0.5, 0.6) is 0 Å². The molecule has 0 spiro atoms. The molecule has 0 saturated carbocycles. The Morgan fingerprint density at radius 1 is 1.29 bits per heavy atom. The molecular weight excluding hydrogens is 369 g/mol. The fourth-order valence-corrected chi connectivity index (χ4v) is 2.27. The molecule has 2 aromatic rings. The maximum Gasteiger partial charge on any atom is 0.416 e. The van der Waals surface area contributed by atoms with Crippen LogP contribution in [-0.2, 0) is 6.18 Å². The van der Waals surface area contributed by atoms with Crippen LogP contribution < -0.4 is 5.32 Å². The Hall–Kier alpha value is -1.27. The molecule has 1 unspecified atom stereocenters. The minimum absolute atomic E-state index is 0.304. The van der Waals surface area contributed by atoms with Gasteiger partial charge in [-0.3, -0.25) is 0 Å². The van der Waals surface area contributed by atoms with E-state index in [0.717, 1.165) is 12.1 Å². The number of benzene rings is 1. The fourth-order valence-electron chi connectivity index (χ4n) is 1.82. The average Bonchev–Trinajstić information content (AvgIpc) is 2.42. The minimum Gasteiger partial charge on any atom is -0.377 e. The maximum absolute atomic E-state index is 12.7. The van der Waals surface area contributed by atoms with Crippen molar-refractivity contribution in [2.24, 2.45) is 0 Å². The average molecular weight is 380 g/mol. The van der Waals surface area contributed by atoms with E-state index in [1.165, 1.54) is 12.3 Å². The second-order valence-electron chi connectivity index (χ2n) is 4.49. The first-order chi connectivity index (χ1) is 9.77. The number of nitrogens with one attached hydrogen (secondary N) is 1. The zero-order valence-electron chi connectivity index (χ0n) is 10.9. The molecule has 0 aliphatic carbocycles. The molecule has 0 aliphatic heterocycles. The molecule has 0 saturated heterocycles. The Labute approximate surface area is 133 Å².